The van der Waals surface area contributed by atoms with Crippen LogP contribution in [0.3, 0.4) is 0 Å². The first kappa shape index (κ1) is 16.5. The Balaban J connectivity index is 2.05. The zero-order valence-electron chi connectivity index (χ0n) is 13.4. The number of amides is 1. The number of carbonyl (C=O) groups excluding carboxylic acids is 1. The fraction of sp³-hybridized carbons (Fsp3) is 0.263. The number of rotatable bonds is 4. The van der Waals surface area contributed by atoms with Gasteiger partial charge in [0.25, 0.3) is 5.56 Å². The topological polar surface area (TPSA) is 62.0 Å². The van der Waals surface area contributed by atoms with E-state index in [4.69, 9.17) is 11.6 Å². The lowest BCUT2D eigenvalue weighted by Crippen LogP contribution is -2.23. The number of aryl methyl sites for hydroxylation is 1. The van der Waals surface area contributed by atoms with Gasteiger partial charge in [-0.1, -0.05) is 48.9 Å². The Hall–Kier alpha value is -2.33. The number of hydrogen-bond donors (Lipinski definition) is 2. The van der Waals surface area contributed by atoms with Gasteiger partial charge in [0.15, 0.2) is 0 Å². The molecule has 0 saturated carbocycles. The number of pyridine rings is 1. The van der Waals surface area contributed by atoms with Crippen LogP contribution in [0.1, 0.15) is 36.6 Å². The molecular weight excluding hydrogens is 324 g/mol. The molecule has 2 aromatic rings. The molecule has 24 heavy (non-hydrogen) atoms. The summed E-state index contributed by atoms with van der Waals surface area (Å²) in [6, 6.07) is 11.6. The molecule has 1 atom stereocenters. The Morgan fingerprint density at radius 3 is 2.54 bits per heavy atom. The van der Waals surface area contributed by atoms with Gasteiger partial charge in [0.2, 0.25) is 5.91 Å². The van der Waals surface area contributed by atoms with Gasteiger partial charge in [-0.05, 0) is 36.1 Å². The summed E-state index contributed by atoms with van der Waals surface area (Å²) in [6.45, 7) is 2.11. The molecule has 0 unspecified atom stereocenters. The fourth-order valence-corrected chi connectivity index (χ4v) is 2.95. The molecule has 5 heteroatoms. The predicted octanol–water partition coefficient (Wildman–Crippen LogP) is 3.30. The standard InChI is InChI=1S/C19H19ClN2O2/c1-2-12-3-5-13(6-4-12)15(11-14-7-10-18(23)21-14)17-9-8-16(20)19(24)22-17/h3-6,8-9,11,14H,2,7,10H2,1H3,(H,21,23)(H,22,24)/t14-/m1/s1. The Morgan fingerprint density at radius 1 is 1.21 bits per heavy atom. The third kappa shape index (κ3) is 3.60. The van der Waals surface area contributed by atoms with Gasteiger partial charge in [-0.3, -0.25) is 9.59 Å². The van der Waals surface area contributed by atoms with E-state index in [-0.39, 0.29) is 22.5 Å². The van der Waals surface area contributed by atoms with Gasteiger partial charge in [0, 0.05) is 23.7 Å². The van der Waals surface area contributed by atoms with E-state index < -0.39 is 0 Å². The van der Waals surface area contributed by atoms with Crippen LogP contribution in [0, 0.1) is 0 Å². The summed E-state index contributed by atoms with van der Waals surface area (Å²) in [4.78, 5) is 26.2. The van der Waals surface area contributed by atoms with Gasteiger partial charge >= 0.3 is 0 Å². The lowest BCUT2D eigenvalue weighted by molar-refractivity contribution is -0.119. The Morgan fingerprint density at radius 2 is 1.96 bits per heavy atom. The second-order valence-corrected chi connectivity index (χ2v) is 6.30. The highest BCUT2D eigenvalue weighted by Crippen LogP contribution is 2.25. The van der Waals surface area contributed by atoms with Gasteiger partial charge in [0.1, 0.15) is 5.02 Å². The van der Waals surface area contributed by atoms with Crippen molar-refractivity contribution in [1.82, 2.24) is 10.3 Å². The van der Waals surface area contributed by atoms with Crippen LogP contribution >= 0.6 is 11.6 Å². The molecular formula is C19H19ClN2O2. The van der Waals surface area contributed by atoms with E-state index >= 15 is 0 Å². The Kier molecular flexibility index (Phi) is 4.86. The number of aromatic amines is 1. The molecule has 124 valence electrons. The van der Waals surface area contributed by atoms with E-state index in [0.29, 0.717) is 12.1 Å². The third-order valence-corrected chi connectivity index (χ3v) is 4.52. The summed E-state index contributed by atoms with van der Waals surface area (Å²) >= 11 is 5.84. The average Bonchev–Trinajstić information content (AvgIpc) is 3.00. The molecule has 1 aromatic carbocycles. The molecule has 1 saturated heterocycles. The van der Waals surface area contributed by atoms with Crippen molar-refractivity contribution in [3.05, 3.63) is 74.7 Å². The van der Waals surface area contributed by atoms with Crippen LogP contribution < -0.4 is 10.9 Å². The number of aromatic nitrogens is 1. The number of H-pyrrole nitrogens is 1. The number of carbonyl (C=O) groups is 1. The molecule has 2 N–H and O–H groups in total. The molecule has 1 amide bonds. The minimum Gasteiger partial charge on any atom is -0.350 e. The summed E-state index contributed by atoms with van der Waals surface area (Å²) in [6.07, 6.45) is 4.26. The molecule has 1 aromatic heterocycles. The largest absolute Gasteiger partial charge is 0.350 e. The summed E-state index contributed by atoms with van der Waals surface area (Å²) in [5.74, 6) is 0.0570. The van der Waals surface area contributed by atoms with Gasteiger partial charge in [-0.2, -0.15) is 0 Å². The van der Waals surface area contributed by atoms with Crippen molar-refractivity contribution in [3.63, 3.8) is 0 Å². The normalized spacial score (nSPS) is 17.8. The van der Waals surface area contributed by atoms with Gasteiger partial charge < -0.3 is 10.3 Å². The van der Waals surface area contributed by atoms with E-state index in [1.54, 1.807) is 12.1 Å². The molecule has 0 spiro atoms. The third-order valence-electron chi connectivity index (χ3n) is 4.22. The van der Waals surface area contributed by atoms with Crippen molar-refractivity contribution in [2.75, 3.05) is 0 Å². The molecule has 0 aliphatic carbocycles. The van der Waals surface area contributed by atoms with Crippen LogP contribution in [0.25, 0.3) is 5.57 Å². The van der Waals surface area contributed by atoms with Gasteiger partial charge in [-0.25, -0.2) is 0 Å². The maximum Gasteiger partial charge on any atom is 0.267 e. The highest BCUT2D eigenvalue weighted by atomic mass is 35.5. The maximum atomic E-state index is 11.9. The van der Waals surface area contributed by atoms with Crippen LogP contribution in [-0.2, 0) is 11.2 Å². The van der Waals surface area contributed by atoms with Crippen molar-refractivity contribution in [2.45, 2.75) is 32.2 Å². The minimum absolute atomic E-state index is 0.0301. The van der Waals surface area contributed by atoms with E-state index in [9.17, 15) is 9.59 Å². The van der Waals surface area contributed by atoms with Crippen LogP contribution in [0.5, 0.6) is 0 Å². The first-order valence-corrected chi connectivity index (χ1v) is 8.44. The number of nitrogens with one attached hydrogen (secondary N) is 2. The summed E-state index contributed by atoms with van der Waals surface area (Å²) in [5.41, 5.74) is 3.50. The Bertz CT molecular complexity index is 837. The molecule has 4 nitrogen and oxygen atoms in total. The number of benzene rings is 1. The van der Waals surface area contributed by atoms with Crippen LogP contribution in [0.2, 0.25) is 5.02 Å². The molecule has 1 aliphatic rings. The molecule has 1 aliphatic heterocycles. The van der Waals surface area contributed by atoms with E-state index in [2.05, 4.69) is 29.4 Å². The minimum atomic E-state index is -0.319. The number of halogens is 1. The quantitative estimate of drug-likeness (QED) is 0.895. The van der Waals surface area contributed by atoms with Crippen LogP contribution in [0.4, 0.5) is 0 Å². The Labute approximate surface area is 145 Å². The molecule has 1 fully saturated rings. The van der Waals surface area contributed by atoms with Crippen molar-refractivity contribution in [1.29, 1.82) is 0 Å². The van der Waals surface area contributed by atoms with Crippen molar-refractivity contribution < 1.29 is 4.79 Å². The number of hydrogen-bond acceptors (Lipinski definition) is 2. The first-order valence-electron chi connectivity index (χ1n) is 8.06. The zero-order chi connectivity index (χ0) is 17.1. The van der Waals surface area contributed by atoms with Crippen molar-refractivity contribution >= 4 is 23.1 Å². The lowest BCUT2D eigenvalue weighted by atomic mass is 9.97. The van der Waals surface area contributed by atoms with E-state index in [0.717, 1.165) is 24.0 Å². The summed E-state index contributed by atoms with van der Waals surface area (Å²) in [7, 11) is 0. The smallest absolute Gasteiger partial charge is 0.267 e. The van der Waals surface area contributed by atoms with Crippen LogP contribution in [0.15, 0.2) is 47.3 Å². The first-order chi connectivity index (χ1) is 11.6. The molecule has 3 rings (SSSR count). The zero-order valence-corrected chi connectivity index (χ0v) is 14.2. The maximum absolute atomic E-state index is 11.9. The van der Waals surface area contributed by atoms with Crippen molar-refractivity contribution in [2.24, 2.45) is 0 Å². The monoisotopic (exact) mass is 342 g/mol. The highest BCUT2D eigenvalue weighted by Gasteiger charge is 2.20. The molecule has 0 bridgehead atoms. The fourth-order valence-electron chi connectivity index (χ4n) is 2.84. The summed E-state index contributed by atoms with van der Waals surface area (Å²) in [5, 5.41) is 3.10. The van der Waals surface area contributed by atoms with Gasteiger partial charge in [-0.15, -0.1) is 0 Å². The second kappa shape index (κ2) is 7.05. The SMILES string of the molecule is CCc1ccc(C(=C[C@H]2CCC(=O)N2)c2ccc(Cl)c(=O)[nH]2)cc1. The average molecular weight is 343 g/mol. The van der Waals surface area contributed by atoms with Gasteiger partial charge in [0.05, 0.1) is 0 Å². The predicted molar refractivity (Wildman–Crippen MR) is 96.1 cm³/mol. The summed E-state index contributed by atoms with van der Waals surface area (Å²) < 4.78 is 0. The van der Waals surface area contributed by atoms with Crippen LogP contribution in [-0.4, -0.2) is 16.9 Å². The molecule has 2 heterocycles. The second-order valence-electron chi connectivity index (χ2n) is 5.89. The molecule has 0 radical (unpaired) electrons. The van der Waals surface area contributed by atoms with Crippen molar-refractivity contribution in [3.8, 4) is 0 Å². The lowest BCUT2D eigenvalue weighted by Gasteiger charge is -2.13. The van der Waals surface area contributed by atoms with E-state index in [1.807, 2.05) is 18.2 Å². The van der Waals surface area contributed by atoms with E-state index in [1.165, 1.54) is 5.56 Å². The highest BCUT2D eigenvalue weighted by molar-refractivity contribution is 6.30.